The standard InChI is InChI=1S/C72H77BN4S/c1-44-40-59-63-60(41-44)77(53-37-28-48(29-38-53)71(11,12)13)65-56(73(63)67-64(55-42-49(72(14,15)16)30-39-61(55)78-67)76(59)52-35-26-47(27-36-52)70(8,9)10)43-58(62-54-20-18-19-21-57(54)74(17)66(62)65)75(50-31-22-45(23-32-50)68(2,3)4)51-33-24-46(25-34-51)69(5,6)7/h18-43H,1-17H3. The highest BCUT2D eigenvalue weighted by Gasteiger charge is 2.47. The van der Waals surface area contributed by atoms with E-state index >= 15 is 0 Å². The third-order valence-corrected chi connectivity index (χ3v) is 18.2. The van der Waals surface area contributed by atoms with Gasteiger partial charge in [0.2, 0.25) is 0 Å². The highest BCUT2D eigenvalue weighted by atomic mass is 32.1. The lowest BCUT2D eigenvalue weighted by Gasteiger charge is -2.44. The molecule has 394 valence electrons. The zero-order chi connectivity index (χ0) is 55.3. The van der Waals surface area contributed by atoms with E-state index in [2.05, 4.69) is 295 Å². The lowest BCUT2D eigenvalue weighted by atomic mass is 9.36. The Hall–Kier alpha value is -7.02. The maximum Gasteiger partial charge on any atom is 0.264 e. The number of thiophene rings is 1. The number of hydrogen-bond donors (Lipinski definition) is 0. The summed E-state index contributed by atoms with van der Waals surface area (Å²) in [6, 6.07) is 61.7. The Balaban J connectivity index is 1.25. The van der Waals surface area contributed by atoms with Crippen LogP contribution in [0.2, 0.25) is 0 Å². The minimum Gasteiger partial charge on any atom is -0.342 e. The number of fused-ring (bicyclic) bond motifs is 10. The molecule has 8 aromatic carbocycles. The van der Waals surface area contributed by atoms with Crippen LogP contribution in [0.15, 0.2) is 158 Å². The molecule has 4 nitrogen and oxygen atoms in total. The van der Waals surface area contributed by atoms with Gasteiger partial charge in [0.05, 0.1) is 22.6 Å². The van der Waals surface area contributed by atoms with Crippen LogP contribution in [0.5, 0.6) is 0 Å². The number of para-hydroxylation sites is 1. The van der Waals surface area contributed by atoms with E-state index < -0.39 is 0 Å². The van der Waals surface area contributed by atoms with Crippen LogP contribution in [-0.2, 0) is 34.1 Å². The number of aryl methyl sites for hydroxylation is 2. The first-order valence-electron chi connectivity index (χ1n) is 28.3. The molecule has 2 aromatic heterocycles. The van der Waals surface area contributed by atoms with Crippen molar-refractivity contribution in [3.8, 4) is 0 Å². The van der Waals surface area contributed by atoms with E-state index in [1.54, 1.807) is 0 Å². The Morgan fingerprint density at radius 2 is 0.885 bits per heavy atom. The first kappa shape index (κ1) is 51.7. The van der Waals surface area contributed by atoms with Crippen LogP contribution < -0.4 is 30.4 Å². The maximum atomic E-state index is 2.65. The average Bonchev–Trinajstić information content (AvgIpc) is 3.04. The quantitative estimate of drug-likeness (QED) is 0.160. The van der Waals surface area contributed by atoms with Gasteiger partial charge in [0.1, 0.15) is 0 Å². The smallest absolute Gasteiger partial charge is 0.264 e. The van der Waals surface area contributed by atoms with Crippen LogP contribution in [-0.4, -0.2) is 11.3 Å². The van der Waals surface area contributed by atoms with Crippen LogP contribution in [0, 0.1) is 6.92 Å². The van der Waals surface area contributed by atoms with Crippen molar-refractivity contribution in [2.24, 2.45) is 7.05 Å². The van der Waals surface area contributed by atoms with Gasteiger partial charge in [-0.1, -0.05) is 177 Å². The first-order valence-corrected chi connectivity index (χ1v) is 29.1. The summed E-state index contributed by atoms with van der Waals surface area (Å²) in [5, 5.41) is 3.78. The van der Waals surface area contributed by atoms with E-state index in [4.69, 9.17) is 0 Å². The van der Waals surface area contributed by atoms with Crippen molar-refractivity contribution in [3.05, 3.63) is 191 Å². The van der Waals surface area contributed by atoms with Gasteiger partial charge < -0.3 is 19.3 Å². The molecule has 10 aromatic rings. The minimum absolute atomic E-state index is 0.00294. The van der Waals surface area contributed by atoms with Crippen molar-refractivity contribution in [3.63, 3.8) is 0 Å². The molecular formula is C72H77BN4S. The van der Waals surface area contributed by atoms with Gasteiger partial charge in [0.15, 0.2) is 0 Å². The van der Waals surface area contributed by atoms with Crippen LogP contribution in [0.3, 0.4) is 0 Å². The van der Waals surface area contributed by atoms with E-state index in [1.807, 2.05) is 11.3 Å². The molecule has 0 fully saturated rings. The minimum atomic E-state index is -0.0965. The topological polar surface area (TPSA) is 14.7 Å². The summed E-state index contributed by atoms with van der Waals surface area (Å²) in [7, 11) is 2.30. The summed E-state index contributed by atoms with van der Waals surface area (Å²) in [5.41, 5.74) is 23.7. The van der Waals surface area contributed by atoms with E-state index in [9.17, 15) is 0 Å². The highest BCUT2D eigenvalue weighted by Crippen LogP contribution is 2.53. The van der Waals surface area contributed by atoms with Gasteiger partial charge in [0, 0.05) is 72.3 Å². The van der Waals surface area contributed by atoms with Crippen LogP contribution >= 0.6 is 11.3 Å². The second-order valence-corrected chi connectivity index (χ2v) is 28.8. The molecule has 6 heteroatoms. The molecule has 0 aliphatic carbocycles. The SMILES string of the molecule is Cc1cc2c3c(c1)N(c1ccc(C(C)(C)C)cc1)c1c(cc(N(c4ccc(C(C)(C)C)cc4)c4ccc(C(C)(C)C)cc4)c4c5ccccc5n(C)c14)B3c1sc3ccc(C(C)(C)C)cc3c1N2c1ccc(C(C)(C)C)cc1. The van der Waals surface area contributed by atoms with E-state index in [1.165, 1.54) is 115 Å². The zero-order valence-electron chi connectivity index (χ0n) is 49.3. The van der Waals surface area contributed by atoms with Crippen molar-refractivity contribution in [2.45, 2.75) is 138 Å². The number of benzene rings is 8. The second-order valence-electron chi connectivity index (χ2n) is 27.8. The van der Waals surface area contributed by atoms with Crippen molar-refractivity contribution in [1.29, 1.82) is 0 Å². The summed E-state index contributed by atoms with van der Waals surface area (Å²) < 4.78 is 5.18. The second kappa shape index (κ2) is 17.7. The van der Waals surface area contributed by atoms with Gasteiger partial charge >= 0.3 is 0 Å². The van der Waals surface area contributed by atoms with Crippen LogP contribution in [0.1, 0.15) is 137 Å². The van der Waals surface area contributed by atoms with Gasteiger partial charge in [-0.25, -0.2) is 0 Å². The third-order valence-electron chi connectivity index (χ3n) is 17.0. The summed E-state index contributed by atoms with van der Waals surface area (Å²) in [6.45, 7) is 37.0. The Labute approximate surface area is 469 Å². The Morgan fingerprint density at radius 3 is 1.36 bits per heavy atom. The third kappa shape index (κ3) is 8.39. The fourth-order valence-corrected chi connectivity index (χ4v) is 13.8. The number of hydrogen-bond acceptors (Lipinski definition) is 4. The van der Waals surface area contributed by atoms with Gasteiger partial charge in [-0.15, -0.1) is 11.3 Å². The zero-order valence-corrected chi connectivity index (χ0v) is 50.1. The molecule has 2 aliphatic heterocycles. The predicted molar refractivity (Wildman–Crippen MR) is 343 cm³/mol. The van der Waals surface area contributed by atoms with Crippen molar-refractivity contribution < 1.29 is 0 Å². The van der Waals surface area contributed by atoms with Crippen LogP contribution in [0.25, 0.3) is 31.9 Å². The molecule has 0 spiro atoms. The van der Waals surface area contributed by atoms with Crippen molar-refractivity contribution >= 4 is 117 Å². The number of rotatable bonds is 5. The Kier molecular flexibility index (Phi) is 11.8. The highest BCUT2D eigenvalue weighted by molar-refractivity contribution is 7.33. The Morgan fingerprint density at radius 1 is 0.449 bits per heavy atom. The van der Waals surface area contributed by atoms with E-state index in [-0.39, 0.29) is 33.8 Å². The molecule has 0 amide bonds. The fourth-order valence-electron chi connectivity index (χ4n) is 12.5. The fraction of sp³-hybridized carbons (Fsp3) is 0.306. The van der Waals surface area contributed by atoms with Gasteiger partial charge in [0.25, 0.3) is 6.71 Å². The van der Waals surface area contributed by atoms with Gasteiger partial charge in [-0.2, -0.15) is 0 Å². The number of nitrogens with zero attached hydrogens (tertiary/aromatic N) is 4. The normalized spacial score (nSPS) is 13.9. The molecule has 0 saturated carbocycles. The molecule has 2 aliphatic rings. The molecule has 78 heavy (non-hydrogen) atoms. The molecule has 4 heterocycles. The van der Waals surface area contributed by atoms with Gasteiger partial charge in [-0.3, -0.25) is 0 Å². The molecule has 12 rings (SSSR count). The Bertz CT molecular complexity index is 3930. The molecule has 0 atom stereocenters. The molecule has 0 bridgehead atoms. The lowest BCUT2D eigenvalue weighted by Crippen LogP contribution is -2.60. The van der Waals surface area contributed by atoms with E-state index in [0.29, 0.717) is 0 Å². The summed E-state index contributed by atoms with van der Waals surface area (Å²) in [5.74, 6) is 0. The van der Waals surface area contributed by atoms with E-state index in [0.717, 1.165) is 17.1 Å². The molecule has 0 unspecified atom stereocenters. The molecule has 0 radical (unpaired) electrons. The summed E-state index contributed by atoms with van der Waals surface area (Å²) in [6.07, 6.45) is 0. The molecule has 0 N–H and O–H groups in total. The first-order chi connectivity index (χ1) is 36.7. The lowest BCUT2D eigenvalue weighted by molar-refractivity contribution is 0.590. The maximum absolute atomic E-state index is 2.65. The van der Waals surface area contributed by atoms with Crippen molar-refractivity contribution in [1.82, 2.24) is 4.57 Å². The molecular weight excluding hydrogens is 964 g/mol. The van der Waals surface area contributed by atoms with Gasteiger partial charge in [-0.05, 0) is 163 Å². The number of aromatic nitrogens is 1. The van der Waals surface area contributed by atoms with Crippen LogP contribution in [0.4, 0.5) is 51.2 Å². The summed E-state index contributed by atoms with van der Waals surface area (Å²) in [4.78, 5) is 7.85. The predicted octanol–water partition coefficient (Wildman–Crippen LogP) is 18.9. The monoisotopic (exact) mass is 1040 g/mol. The molecule has 0 saturated heterocycles. The summed E-state index contributed by atoms with van der Waals surface area (Å²) >= 11 is 1.98. The largest absolute Gasteiger partial charge is 0.342 e. The van der Waals surface area contributed by atoms with Crippen molar-refractivity contribution in [2.75, 3.05) is 14.7 Å². The number of anilines is 9. The average molecular weight is 1040 g/mol.